The largest absolute Gasteiger partial charge is 0.462 e. The highest BCUT2D eigenvalue weighted by Gasteiger charge is 2.62. The second-order valence-corrected chi connectivity index (χ2v) is 8.98. The number of benzene rings is 1. The van der Waals surface area contributed by atoms with Crippen LogP contribution in [0.25, 0.3) is 0 Å². The zero-order valence-corrected chi connectivity index (χ0v) is 18.7. The number of likely N-dealkylation sites (tertiary alicyclic amines) is 1. The van der Waals surface area contributed by atoms with Gasteiger partial charge in [-0.25, -0.2) is 9.59 Å². The van der Waals surface area contributed by atoms with Crippen molar-refractivity contribution in [2.75, 3.05) is 18.5 Å². The molecule has 2 bridgehead atoms. The van der Waals surface area contributed by atoms with Gasteiger partial charge in [0.15, 0.2) is 6.61 Å². The first-order valence-electron chi connectivity index (χ1n) is 11.4. The maximum atomic E-state index is 12.8. The summed E-state index contributed by atoms with van der Waals surface area (Å²) in [6.07, 6.45) is 3.55. The van der Waals surface area contributed by atoms with Crippen LogP contribution >= 0.6 is 0 Å². The molecule has 3 aliphatic rings. The van der Waals surface area contributed by atoms with Gasteiger partial charge in [-0.1, -0.05) is 6.92 Å². The molecule has 0 spiro atoms. The number of nitrogens with one attached hydrogen (secondary N) is 1. The van der Waals surface area contributed by atoms with E-state index < -0.39 is 30.5 Å². The fourth-order valence-electron chi connectivity index (χ4n) is 5.34. The number of imide groups is 1. The Labute approximate surface area is 191 Å². The quantitative estimate of drug-likeness (QED) is 0.470. The maximum absolute atomic E-state index is 12.8. The smallest absolute Gasteiger partial charge is 0.338 e. The lowest BCUT2D eigenvalue weighted by Gasteiger charge is -2.23. The average molecular weight is 456 g/mol. The fourth-order valence-corrected chi connectivity index (χ4v) is 5.34. The lowest BCUT2D eigenvalue weighted by molar-refractivity contribution is -0.159. The predicted octanol–water partition coefficient (Wildman–Crippen LogP) is 2.15. The van der Waals surface area contributed by atoms with Crippen molar-refractivity contribution in [1.82, 2.24) is 4.90 Å². The number of nitrogens with zero attached hydrogens (tertiary/aromatic N) is 1. The van der Waals surface area contributed by atoms with Crippen LogP contribution in [-0.4, -0.2) is 53.8 Å². The number of esters is 2. The SMILES string of the molecule is CCCOC(=O)c1ccc(NC(=O)COC(=O)[C@H](C)N2C(=O)[C@@H]3[C@H]4CC[C@@H](C4)[C@@H]3C2=O)cc1. The van der Waals surface area contributed by atoms with Crippen LogP contribution in [0.2, 0.25) is 0 Å². The van der Waals surface area contributed by atoms with E-state index in [1.54, 1.807) is 12.1 Å². The Kier molecular flexibility index (Phi) is 6.49. The molecule has 5 atom stereocenters. The van der Waals surface area contributed by atoms with Crippen LogP contribution in [0.4, 0.5) is 5.69 Å². The number of anilines is 1. The van der Waals surface area contributed by atoms with E-state index in [1.807, 2.05) is 6.92 Å². The normalized spacial score (nSPS) is 26.2. The molecule has 4 rings (SSSR count). The van der Waals surface area contributed by atoms with E-state index in [0.717, 1.165) is 30.6 Å². The van der Waals surface area contributed by atoms with E-state index in [9.17, 15) is 24.0 Å². The van der Waals surface area contributed by atoms with Crippen molar-refractivity contribution in [1.29, 1.82) is 0 Å². The molecule has 2 aliphatic carbocycles. The van der Waals surface area contributed by atoms with Crippen LogP contribution in [0, 0.1) is 23.7 Å². The minimum Gasteiger partial charge on any atom is -0.462 e. The molecule has 0 radical (unpaired) electrons. The van der Waals surface area contributed by atoms with Crippen molar-refractivity contribution < 1.29 is 33.4 Å². The third-order valence-corrected chi connectivity index (χ3v) is 6.88. The highest BCUT2D eigenvalue weighted by molar-refractivity contribution is 6.08. The number of hydrogen-bond acceptors (Lipinski definition) is 7. The van der Waals surface area contributed by atoms with Crippen molar-refractivity contribution in [2.24, 2.45) is 23.7 Å². The second-order valence-electron chi connectivity index (χ2n) is 8.98. The number of ether oxygens (including phenoxy) is 2. The summed E-state index contributed by atoms with van der Waals surface area (Å²) in [7, 11) is 0. The minimum atomic E-state index is -1.07. The number of amides is 3. The third kappa shape index (κ3) is 4.36. The maximum Gasteiger partial charge on any atom is 0.338 e. The Morgan fingerprint density at radius 1 is 1.03 bits per heavy atom. The molecule has 176 valence electrons. The number of rotatable bonds is 8. The molecule has 0 unspecified atom stereocenters. The van der Waals surface area contributed by atoms with Crippen molar-refractivity contribution in [2.45, 2.75) is 45.6 Å². The van der Waals surface area contributed by atoms with Gasteiger partial charge in [0.25, 0.3) is 5.91 Å². The molecular formula is C24H28N2O7. The van der Waals surface area contributed by atoms with Crippen molar-refractivity contribution in [3.8, 4) is 0 Å². The molecule has 33 heavy (non-hydrogen) atoms. The van der Waals surface area contributed by atoms with Crippen LogP contribution in [0.3, 0.4) is 0 Å². The van der Waals surface area contributed by atoms with Crippen molar-refractivity contribution in [3.63, 3.8) is 0 Å². The summed E-state index contributed by atoms with van der Waals surface area (Å²) in [5.74, 6) is -2.55. The molecule has 3 amide bonds. The van der Waals surface area contributed by atoms with Gasteiger partial charge >= 0.3 is 11.9 Å². The number of carbonyl (C=O) groups is 5. The highest BCUT2D eigenvalue weighted by atomic mass is 16.5. The van der Waals surface area contributed by atoms with Crippen molar-refractivity contribution in [3.05, 3.63) is 29.8 Å². The molecule has 1 N–H and O–H groups in total. The van der Waals surface area contributed by atoms with Gasteiger partial charge in [0.2, 0.25) is 11.8 Å². The van der Waals surface area contributed by atoms with E-state index in [4.69, 9.17) is 9.47 Å². The molecule has 9 heteroatoms. The number of carbonyl (C=O) groups excluding carboxylic acids is 5. The van der Waals surface area contributed by atoms with Crippen LogP contribution in [0.5, 0.6) is 0 Å². The molecule has 3 fully saturated rings. The summed E-state index contributed by atoms with van der Waals surface area (Å²) in [5.41, 5.74) is 0.782. The molecular weight excluding hydrogens is 428 g/mol. The van der Waals surface area contributed by atoms with Gasteiger partial charge in [-0.2, -0.15) is 0 Å². The molecule has 1 aliphatic heterocycles. The summed E-state index contributed by atoms with van der Waals surface area (Å²) in [4.78, 5) is 63.2. The number of fused-ring (bicyclic) bond motifs is 5. The standard InChI is InChI=1S/C24H28N2O7/c1-3-10-32-24(31)14-6-8-17(9-7-14)25-18(27)12-33-23(30)13(2)26-21(28)19-15-4-5-16(11-15)20(19)22(26)29/h6-9,13,15-16,19-20H,3-5,10-12H2,1-2H3,(H,25,27)/t13-,15-,16-,19-,20+/m0/s1. The Morgan fingerprint density at radius 3 is 2.21 bits per heavy atom. The van der Waals surface area contributed by atoms with Crippen LogP contribution in [0.1, 0.15) is 49.9 Å². The Hall–Kier alpha value is -3.23. The summed E-state index contributed by atoms with van der Waals surface area (Å²) in [5, 5.41) is 2.57. The van der Waals surface area contributed by atoms with Gasteiger partial charge < -0.3 is 14.8 Å². The zero-order chi connectivity index (χ0) is 23.7. The van der Waals surface area contributed by atoms with Gasteiger partial charge in [0, 0.05) is 5.69 Å². The van der Waals surface area contributed by atoms with Gasteiger partial charge in [-0.05, 0) is 68.7 Å². The summed E-state index contributed by atoms with van der Waals surface area (Å²) >= 11 is 0. The van der Waals surface area contributed by atoms with Crippen LogP contribution < -0.4 is 5.32 Å². The van der Waals surface area contributed by atoms with Gasteiger partial charge in [-0.3, -0.25) is 19.3 Å². The molecule has 9 nitrogen and oxygen atoms in total. The van der Waals surface area contributed by atoms with Gasteiger partial charge in [0.1, 0.15) is 6.04 Å². The summed E-state index contributed by atoms with van der Waals surface area (Å²) in [6.45, 7) is 3.13. The fraction of sp³-hybridized carbons (Fsp3) is 0.542. The molecule has 1 heterocycles. The molecule has 0 aromatic heterocycles. The van der Waals surface area contributed by atoms with E-state index >= 15 is 0 Å². The van der Waals surface area contributed by atoms with E-state index in [1.165, 1.54) is 19.1 Å². The molecule has 2 saturated carbocycles. The second kappa shape index (κ2) is 9.33. The first-order valence-corrected chi connectivity index (χ1v) is 11.4. The Bertz CT molecular complexity index is 946. The van der Waals surface area contributed by atoms with E-state index in [2.05, 4.69) is 5.32 Å². The first-order chi connectivity index (χ1) is 15.8. The highest BCUT2D eigenvalue weighted by Crippen LogP contribution is 2.56. The Morgan fingerprint density at radius 2 is 1.64 bits per heavy atom. The molecule has 1 aromatic rings. The summed E-state index contributed by atoms with van der Waals surface area (Å²) in [6, 6.07) is 5.06. The van der Waals surface area contributed by atoms with Crippen molar-refractivity contribution >= 4 is 35.3 Å². The molecule has 1 saturated heterocycles. The van der Waals surface area contributed by atoms with Gasteiger partial charge in [0.05, 0.1) is 24.0 Å². The minimum absolute atomic E-state index is 0.232. The topological polar surface area (TPSA) is 119 Å². The van der Waals surface area contributed by atoms with Gasteiger partial charge in [-0.15, -0.1) is 0 Å². The predicted molar refractivity (Wildman–Crippen MR) is 116 cm³/mol. The summed E-state index contributed by atoms with van der Waals surface area (Å²) < 4.78 is 10.1. The van der Waals surface area contributed by atoms with Crippen LogP contribution in [-0.2, 0) is 28.7 Å². The Balaban J connectivity index is 1.27. The lowest BCUT2D eigenvalue weighted by Crippen LogP contribution is -2.45. The monoisotopic (exact) mass is 456 g/mol. The zero-order valence-electron chi connectivity index (χ0n) is 18.7. The van der Waals surface area contributed by atoms with Crippen LogP contribution in [0.15, 0.2) is 24.3 Å². The molecule has 1 aromatic carbocycles. The number of hydrogen-bond donors (Lipinski definition) is 1. The lowest BCUT2D eigenvalue weighted by atomic mass is 9.81. The van der Waals surface area contributed by atoms with E-state index in [0.29, 0.717) is 17.9 Å². The first kappa shape index (κ1) is 22.9. The average Bonchev–Trinajstić information content (AvgIpc) is 3.49. The third-order valence-electron chi connectivity index (χ3n) is 6.88. The van der Waals surface area contributed by atoms with E-state index in [-0.39, 0.29) is 35.5 Å².